The lowest BCUT2D eigenvalue weighted by molar-refractivity contribution is -0.119. The van der Waals surface area contributed by atoms with Gasteiger partial charge in [-0.1, -0.05) is 15.9 Å². The van der Waals surface area contributed by atoms with Crippen molar-refractivity contribution in [3.63, 3.8) is 0 Å². The summed E-state index contributed by atoms with van der Waals surface area (Å²) in [5.74, 6) is -2.22. The maximum Gasteiger partial charge on any atom is 0.335 e. The van der Waals surface area contributed by atoms with Crippen LogP contribution in [0, 0.1) is 5.92 Å². The van der Waals surface area contributed by atoms with Crippen LogP contribution in [0.2, 0.25) is 0 Å². The van der Waals surface area contributed by atoms with Gasteiger partial charge in [-0.3, -0.25) is 4.79 Å². The number of amides is 1. The van der Waals surface area contributed by atoms with E-state index in [1.54, 1.807) is 6.07 Å². The fraction of sp³-hybridized carbons (Fsp3) is 0.333. The number of carboxylic acids is 1. The average molecular weight is 362 g/mol. The molecule has 1 fully saturated rings. The summed E-state index contributed by atoms with van der Waals surface area (Å²) in [6.45, 7) is 0. The van der Waals surface area contributed by atoms with Gasteiger partial charge in [0.05, 0.1) is 23.0 Å². The van der Waals surface area contributed by atoms with Gasteiger partial charge >= 0.3 is 5.97 Å². The van der Waals surface area contributed by atoms with Crippen LogP contribution in [0.25, 0.3) is 0 Å². The van der Waals surface area contributed by atoms with Gasteiger partial charge in [0.2, 0.25) is 5.91 Å². The first-order chi connectivity index (χ1) is 9.27. The van der Waals surface area contributed by atoms with Crippen LogP contribution in [0.15, 0.2) is 22.7 Å². The molecule has 1 heterocycles. The van der Waals surface area contributed by atoms with Gasteiger partial charge in [0, 0.05) is 10.2 Å². The van der Waals surface area contributed by atoms with E-state index in [2.05, 4.69) is 21.2 Å². The lowest BCUT2D eigenvalue weighted by atomic mass is 10.1. The van der Waals surface area contributed by atoms with Crippen LogP contribution >= 0.6 is 15.9 Å². The van der Waals surface area contributed by atoms with E-state index in [1.807, 2.05) is 0 Å². The van der Waals surface area contributed by atoms with Crippen molar-refractivity contribution in [3.05, 3.63) is 28.2 Å². The highest BCUT2D eigenvalue weighted by Gasteiger charge is 2.33. The molecule has 1 amide bonds. The molecule has 108 valence electrons. The molecule has 1 aromatic carbocycles. The molecule has 0 aromatic heterocycles. The van der Waals surface area contributed by atoms with Crippen molar-refractivity contribution in [3.8, 4) is 0 Å². The van der Waals surface area contributed by atoms with Gasteiger partial charge in [0.1, 0.15) is 0 Å². The molecule has 1 unspecified atom stereocenters. The van der Waals surface area contributed by atoms with Gasteiger partial charge < -0.3 is 10.4 Å². The van der Waals surface area contributed by atoms with Crippen molar-refractivity contribution in [2.75, 3.05) is 16.8 Å². The fourth-order valence-electron chi connectivity index (χ4n) is 2.03. The topological polar surface area (TPSA) is 101 Å². The van der Waals surface area contributed by atoms with E-state index in [-0.39, 0.29) is 17.1 Å². The van der Waals surface area contributed by atoms with Gasteiger partial charge in [0.25, 0.3) is 0 Å². The summed E-state index contributed by atoms with van der Waals surface area (Å²) in [7, 11) is -3.13. The molecule has 6 nitrogen and oxygen atoms in total. The molecule has 0 spiro atoms. The number of halogens is 1. The minimum Gasteiger partial charge on any atom is -0.478 e. The maximum atomic E-state index is 12.0. The van der Waals surface area contributed by atoms with Crippen molar-refractivity contribution in [2.24, 2.45) is 5.92 Å². The van der Waals surface area contributed by atoms with Crippen LogP contribution in [0.5, 0.6) is 0 Å². The number of carboxylic acid groups (broad SMARTS) is 1. The molecule has 8 heteroatoms. The SMILES string of the molecule is O=C(O)c1cc(Br)cc(NC(=O)C2CCS(=O)(=O)C2)c1. The van der Waals surface area contributed by atoms with E-state index in [0.717, 1.165) is 0 Å². The zero-order chi connectivity index (χ0) is 14.9. The molecular weight excluding hydrogens is 350 g/mol. The molecule has 2 N–H and O–H groups in total. The first-order valence-electron chi connectivity index (χ1n) is 5.82. The molecule has 1 saturated heterocycles. The highest BCUT2D eigenvalue weighted by atomic mass is 79.9. The van der Waals surface area contributed by atoms with Gasteiger partial charge in [0.15, 0.2) is 9.84 Å². The maximum absolute atomic E-state index is 12.0. The molecule has 2 rings (SSSR count). The Kier molecular flexibility index (Phi) is 4.14. The number of rotatable bonds is 3. The van der Waals surface area contributed by atoms with E-state index in [4.69, 9.17) is 5.11 Å². The number of hydrogen-bond donors (Lipinski definition) is 2. The van der Waals surface area contributed by atoms with E-state index in [0.29, 0.717) is 16.6 Å². The second-order valence-corrected chi connectivity index (χ2v) is 7.77. The first kappa shape index (κ1) is 15.0. The zero-order valence-corrected chi connectivity index (χ0v) is 12.7. The second-order valence-electron chi connectivity index (χ2n) is 4.62. The zero-order valence-electron chi connectivity index (χ0n) is 10.3. The third kappa shape index (κ3) is 3.57. The molecule has 0 aliphatic carbocycles. The van der Waals surface area contributed by atoms with Gasteiger partial charge in [-0.05, 0) is 24.6 Å². The van der Waals surface area contributed by atoms with Crippen LogP contribution in [0.3, 0.4) is 0 Å². The molecule has 1 atom stereocenters. The van der Waals surface area contributed by atoms with Crippen molar-refractivity contribution in [1.29, 1.82) is 0 Å². The lowest BCUT2D eigenvalue weighted by Gasteiger charge is -2.10. The lowest BCUT2D eigenvalue weighted by Crippen LogP contribution is -2.23. The summed E-state index contributed by atoms with van der Waals surface area (Å²) in [5.41, 5.74) is 0.361. The number of carbonyl (C=O) groups is 2. The summed E-state index contributed by atoms with van der Waals surface area (Å²) in [6.07, 6.45) is 0.300. The highest BCUT2D eigenvalue weighted by Crippen LogP contribution is 2.23. The van der Waals surface area contributed by atoms with Crippen molar-refractivity contribution in [1.82, 2.24) is 0 Å². The van der Waals surface area contributed by atoms with Crippen LogP contribution in [-0.2, 0) is 14.6 Å². The summed E-state index contributed by atoms with van der Waals surface area (Å²) >= 11 is 3.16. The molecule has 0 radical (unpaired) electrons. The number of benzene rings is 1. The molecule has 1 aromatic rings. The normalized spacial score (nSPS) is 20.6. The Morgan fingerprint density at radius 2 is 2.00 bits per heavy atom. The molecule has 0 saturated carbocycles. The Morgan fingerprint density at radius 3 is 2.55 bits per heavy atom. The molecular formula is C12H12BrNO5S. The third-order valence-electron chi connectivity index (χ3n) is 3.02. The fourth-order valence-corrected chi connectivity index (χ4v) is 4.27. The van der Waals surface area contributed by atoms with Crippen LogP contribution in [0.1, 0.15) is 16.8 Å². The molecule has 1 aliphatic rings. The van der Waals surface area contributed by atoms with E-state index in [9.17, 15) is 18.0 Å². The van der Waals surface area contributed by atoms with Crippen molar-refractivity contribution in [2.45, 2.75) is 6.42 Å². The number of nitrogens with one attached hydrogen (secondary N) is 1. The molecule has 0 bridgehead atoms. The van der Waals surface area contributed by atoms with Crippen molar-refractivity contribution < 1.29 is 23.1 Å². The smallest absolute Gasteiger partial charge is 0.335 e. The van der Waals surface area contributed by atoms with E-state index in [1.165, 1.54) is 12.1 Å². The minimum atomic E-state index is -3.13. The summed E-state index contributed by atoms with van der Waals surface area (Å²) in [6, 6.07) is 4.31. The molecule has 20 heavy (non-hydrogen) atoms. The first-order valence-corrected chi connectivity index (χ1v) is 8.43. The quantitative estimate of drug-likeness (QED) is 0.849. The number of hydrogen-bond acceptors (Lipinski definition) is 4. The van der Waals surface area contributed by atoms with Crippen LogP contribution in [-0.4, -0.2) is 36.9 Å². The second kappa shape index (κ2) is 5.53. The van der Waals surface area contributed by atoms with E-state index < -0.39 is 27.6 Å². The average Bonchev–Trinajstić information content (AvgIpc) is 2.69. The van der Waals surface area contributed by atoms with Crippen LogP contribution < -0.4 is 5.32 Å². The number of carbonyl (C=O) groups excluding carboxylic acids is 1. The standard InChI is InChI=1S/C12H12BrNO5S/c13-9-3-8(12(16)17)4-10(5-9)14-11(15)7-1-2-20(18,19)6-7/h3-5,7H,1-2,6H2,(H,14,15)(H,16,17). The minimum absolute atomic E-state index is 0.0178. The van der Waals surface area contributed by atoms with Gasteiger partial charge in [-0.15, -0.1) is 0 Å². The Labute approximate surface area is 124 Å². The molecule has 1 aliphatic heterocycles. The van der Waals surface area contributed by atoms with E-state index >= 15 is 0 Å². The Morgan fingerprint density at radius 1 is 1.30 bits per heavy atom. The Hall–Kier alpha value is -1.41. The highest BCUT2D eigenvalue weighted by molar-refractivity contribution is 9.10. The summed E-state index contributed by atoms with van der Waals surface area (Å²) in [4.78, 5) is 22.9. The number of aromatic carboxylic acids is 1. The Bertz CT molecular complexity index is 670. The number of sulfone groups is 1. The monoisotopic (exact) mass is 361 g/mol. The summed E-state index contributed by atoms with van der Waals surface area (Å²) in [5, 5.41) is 11.5. The number of anilines is 1. The predicted molar refractivity (Wildman–Crippen MR) is 76.5 cm³/mol. The predicted octanol–water partition coefficient (Wildman–Crippen LogP) is 1.52. The van der Waals surface area contributed by atoms with Crippen molar-refractivity contribution >= 4 is 43.3 Å². The largest absolute Gasteiger partial charge is 0.478 e. The third-order valence-corrected chi connectivity index (χ3v) is 5.24. The van der Waals surface area contributed by atoms with Crippen LogP contribution in [0.4, 0.5) is 5.69 Å². The Balaban J connectivity index is 2.14. The summed E-state index contributed by atoms with van der Waals surface area (Å²) < 4.78 is 23.2. The van der Waals surface area contributed by atoms with Gasteiger partial charge in [-0.2, -0.15) is 0 Å². The van der Waals surface area contributed by atoms with Gasteiger partial charge in [-0.25, -0.2) is 13.2 Å².